The second-order valence-corrected chi connectivity index (χ2v) is 6.20. The van der Waals surface area contributed by atoms with Crippen LogP contribution >= 0.6 is 0 Å². The molecule has 0 aromatic heterocycles. The number of nitrogens with zero attached hydrogens (tertiary/aromatic N) is 3. The van der Waals surface area contributed by atoms with Crippen molar-refractivity contribution in [2.75, 3.05) is 46.8 Å². The monoisotopic (exact) mass is 282 g/mol. The van der Waals surface area contributed by atoms with Crippen molar-refractivity contribution in [3.8, 4) is 0 Å². The lowest BCUT2D eigenvalue weighted by Crippen LogP contribution is -2.52. The minimum atomic E-state index is 0.0240. The van der Waals surface area contributed by atoms with Crippen molar-refractivity contribution in [3.05, 3.63) is 0 Å². The van der Waals surface area contributed by atoms with Gasteiger partial charge in [-0.05, 0) is 32.9 Å². The smallest absolute Gasteiger partial charge is 0.236 e. The molecule has 0 aromatic rings. The average molecular weight is 282 g/mol. The lowest BCUT2D eigenvalue weighted by Gasteiger charge is -2.35. The van der Waals surface area contributed by atoms with Crippen LogP contribution in [0, 0.1) is 5.92 Å². The van der Waals surface area contributed by atoms with Crippen LogP contribution in [0.1, 0.15) is 19.3 Å². The normalized spacial score (nSPS) is 21.2. The number of rotatable bonds is 5. The highest BCUT2D eigenvalue weighted by Crippen LogP contribution is 2.33. The largest absolute Gasteiger partial charge is 0.339 e. The lowest BCUT2D eigenvalue weighted by atomic mass is 10.1. The summed E-state index contributed by atoms with van der Waals surface area (Å²) in [5.74, 6) is 0.836. The van der Waals surface area contributed by atoms with Gasteiger partial charge in [-0.2, -0.15) is 0 Å². The van der Waals surface area contributed by atoms with Crippen molar-refractivity contribution < 1.29 is 9.59 Å². The summed E-state index contributed by atoms with van der Waals surface area (Å²) in [6.45, 7) is 2.97. The van der Waals surface area contributed by atoms with E-state index in [1.807, 2.05) is 28.8 Å². The van der Waals surface area contributed by atoms with Crippen molar-refractivity contribution >= 4 is 11.8 Å². The maximum absolute atomic E-state index is 12.1. The molecule has 1 unspecified atom stereocenters. The summed E-state index contributed by atoms with van der Waals surface area (Å²) >= 11 is 0. The molecule has 2 amide bonds. The van der Waals surface area contributed by atoms with E-state index in [4.69, 9.17) is 5.73 Å². The molecule has 0 aromatic carbocycles. The predicted molar refractivity (Wildman–Crippen MR) is 77.0 cm³/mol. The zero-order valence-electron chi connectivity index (χ0n) is 12.5. The summed E-state index contributed by atoms with van der Waals surface area (Å²) in [5.41, 5.74) is 6.00. The van der Waals surface area contributed by atoms with Gasteiger partial charge in [0, 0.05) is 38.6 Å². The van der Waals surface area contributed by atoms with Crippen molar-refractivity contribution in [2.45, 2.75) is 25.3 Å². The van der Waals surface area contributed by atoms with Gasteiger partial charge in [0.05, 0.1) is 6.54 Å². The van der Waals surface area contributed by atoms with E-state index >= 15 is 0 Å². The molecule has 0 bridgehead atoms. The number of hydrogen-bond donors (Lipinski definition) is 1. The molecule has 6 heteroatoms. The lowest BCUT2D eigenvalue weighted by molar-refractivity contribution is -0.140. The van der Waals surface area contributed by atoms with Crippen LogP contribution in [-0.4, -0.2) is 79.4 Å². The highest BCUT2D eigenvalue weighted by molar-refractivity contribution is 5.80. The molecule has 1 aliphatic carbocycles. The number of carbonyl (C=O) groups excluding carboxylic acids is 2. The maximum Gasteiger partial charge on any atom is 0.236 e. The molecule has 1 aliphatic heterocycles. The van der Waals surface area contributed by atoms with Gasteiger partial charge in [-0.15, -0.1) is 0 Å². The molecule has 0 radical (unpaired) electrons. The minimum Gasteiger partial charge on any atom is -0.339 e. The van der Waals surface area contributed by atoms with Gasteiger partial charge in [0.1, 0.15) is 0 Å². The van der Waals surface area contributed by atoms with Crippen molar-refractivity contribution in [2.24, 2.45) is 11.7 Å². The summed E-state index contributed by atoms with van der Waals surface area (Å²) in [6, 6.07) is 0.0240. The van der Waals surface area contributed by atoms with Crippen LogP contribution in [0.15, 0.2) is 0 Å². The number of hydrogen-bond acceptors (Lipinski definition) is 4. The van der Waals surface area contributed by atoms with E-state index in [-0.39, 0.29) is 17.9 Å². The fraction of sp³-hybridized carbons (Fsp3) is 0.857. The van der Waals surface area contributed by atoms with E-state index < -0.39 is 0 Å². The van der Waals surface area contributed by atoms with Crippen molar-refractivity contribution in [1.29, 1.82) is 0 Å². The van der Waals surface area contributed by atoms with Crippen LogP contribution in [-0.2, 0) is 9.59 Å². The second kappa shape index (κ2) is 6.54. The Kier molecular flexibility index (Phi) is 4.99. The van der Waals surface area contributed by atoms with Crippen molar-refractivity contribution in [1.82, 2.24) is 14.7 Å². The molecule has 2 aliphatic rings. The summed E-state index contributed by atoms with van der Waals surface area (Å²) in [5, 5.41) is 0. The third kappa shape index (κ3) is 4.18. The van der Waals surface area contributed by atoms with Gasteiger partial charge in [-0.25, -0.2) is 0 Å². The molecule has 6 nitrogen and oxygen atoms in total. The van der Waals surface area contributed by atoms with Gasteiger partial charge in [0.25, 0.3) is 0 Å². The Morgan fingerprint density at radius 3 is 2.05 bits per heavy atom. The molecule has 1 heterocycles. The zero-order valence-corrected chi connectivity index (χ0v) is 12.5. The van der Waals surface area contributed by atoms with Crippen LogP contribution in [0.5, 0.6) is 0 Å². The quantitative estimate of drug-likeness (QED) is 0.727. The van der Waals surface area contributed by atoms with E-state index in [1.54, 1.807) is 0 Å². The third-order valence-electron chi connectivity index (χ3n) is 4.07. The average Bonchev–Trinajstić information content (AvgIpc) is 3.22. The van der Waals surface area contributed by atoms with Gasteiger partial charge in [-0.1, -0.05) is 0 Å². The summed E-state index contributed by atoms with van der Waals surface area (Å²) in [7, 11) is 3.77. The number of carbonyl (C=O) groups is 2. The molecule has 0 spiro atoms. The molecule has 1 saturated carbocycles. The van der Waals surface area contributed by atoms with Crippen molar-refractivity contribution in [3.63, 3.8) is 0 Å². The van der Waals surface area contributed by atoms with E-state index in [2.05, 4.69) is 0 Å². The molecule has 114 valence electrons. The number of likely N-dealkylation sites (N-methyl/N-ethyl adjacent to an activating group) is 1. The van der Waals surface area contributed by atoms with Gasteiger partial charge in [0.15, 0.2) is 0 Å². The van der Waals surface area contributed by atoms with E-state index in [0.717, 1.165) is 0 Å². The number of nitrogens with two attached hydrogens (primary N) is 1. The summed E-state index contributed by atoms with van der Waals surface area (Å²) < 4.78 is 0. The Balaban J connectivity index is 1.72. The Bertz CT molecular complexity index is 360. The molecule has 2 fully saturated rings. The molecule has 20 heavy (non-hydrogen) atoms. The van der Waals surface area contributed by atoms with E-state index in [9.17, 15) is 9.59 Å². The first-order chi connectivity index (χ1) is 9.47. The van der Waals surface area contributed by atoms with Crippen LogP contribution in [0.4, 0.5) is 0 Å². The molecule has 2 rings (SSSR count). The summed E-state index contributed by atoms with van der Waals surface area (Å²) in [6.07, 6.45) is 2.79. The Morgan fingerprint density at radius 2 is 1.60 bits per heavy atom. The van der Waals surface area contributed by atoms with Crippen LogP contribution in [0.3, 0.4) is 0 Å². The van der Waals surface area contributed by atoms with Crippen LogP contribution in [0.25, 0.3) is 0 Å². The molecule has 2 N–H and O–H groups in total. The summed E-state index contributed by atoms with van der Waals surface area (Å²) in [4.78, 5) is 29.6. The first-order valence-electron chi connectivity index (χ1n) is 7.43. The van der Waals surface area contributed by atoms with E-state index in [1.165, 1.54) is 12.8 Å². The van der Waals surface area contributed by atoms with Gasteiger partial charge >= 0.3 is 0 Å². The van der Waals surface area contributed by atoms with Gasteiger partial charge < -0.3 is 20.4 Å². The molecule has 1 atom stereocenters. The molecular formula is C14H26N4O2. The van der Waals surface area contributed by atoms with Crippen LogP contribution < -0.4 is 5.73 Å². The Labute approximate surface area is 120 Å². The SMILES string of the molecule is CN(C)CC(=O)N1CCN(C(=O)CC(N)C2CC2)CC1. The van der Waals surface area contributed by atoms with Gasteiger partial charge in [-0.3, -0.25) is 9.59 Å². The Hall–Kier alpha value is -1.14. The minimum absolute atomic E-state index is 0.0240. The second-order valence-electron chi connectivity index (χ2n) is 6.20. The fourth-order valence-electron chi connectivity index (χ4n) is 2.60. The molecular weight excluding hydrogens is 256 g/mol. The number of amides is 2. The fourth-order valence-corrected chi connectivity index (χ4v) is 2.60. The highest BCUT2D eigenvalue weighted by atomic mass is 16.2. The highest BCUT2D eigenvalue weighted by Gasteiger charge is 2.32. The third-order valence-corrected chi connectivity index (χ3v) is 4.07. The topological polar surface area (TPSA) is 69.9 Å². The maximum atomic E-state index is 12.1. The van der Waals surface area contributed by atoms with Crippen LogP contribution in [0.2, 0.25) is 0 Å². The first-order valence-corrected chi connectivity index (χ1v) is 7.43. The van der Waals surface area contributed by atoms with E-state index in [0.29, 0.717) is 45.1 Å². The standard InChI is InChI=1S/C14H26N4O2/c1-16(2)10-14(20)18-7-5-17(6-8-18)13(19)9-12(15)11-3-4-11/h11-12H,3-10,15H2,1-2H3. The Morgan fingerprint density at radius 1 is 1.10 bits per heavy atom. The number of piperazine rings is 1. The predicted octanol–water partition coefficient (Wildman–Crippen LogP) is -0.654. The first kappa shape index (κ1) is 15.3. The zero-order chi connectivity index (χ0) is 14.7. The molecule has 1 saturated heterocycles. The van der Waals surface area contributed by atoms with Gasteiger partial charge in [0.2, 0.25) is 11.8 Å².